The fraction of sp³-hybridized carbons (Fsp3) is 0.818. The maximum atomic E-state index is 12.0. The highest BCUT2D eigenvalue weighted by Crippen LogP contribution is 2.19. The average Bonchev–Trinajstić information content (AvgIpc) is 2.37. The zero-order chi connectivity index (χ0) is 15.3. The predicted octanol–water partition coefficient (Wildman–Crippen LogP) is -1.39. The van der Waals surface area contributed by atoms with Crippen molar-refractivity contribution in [2.45, 2.75) is 25.3 Å². The Kier molecular flexibility index (Phi) is 5.90. The Morgan fingerprint density at radius 1 is 1.45 bits per heavy atom. The topological polar surface area (TPSA) is 124 Å². The predicted molar refractivity (Wildman–Crippen MR) is 70.4 cm³/mol. The third-order valence-electron chi connectivity index (χ3n) is 3.26. The number of carbonyl (C=O) groups excluding carboxylic acids is 1. The zero-order valence-corrected chi connectivity index (χ0v) is 12.1. The summed E-state index contributed by atoms with van der Waals surface area (Å²) in [7, 11) is -3.35. The number of amides is 1. The second kappa shape index (κ2) is 7.00. The lowest BCUT2D eigenvalue weighted by molar-refractivity contribution is -0.143. The van der Waals surface area contributed by atoms with Gasteiger partial charge in [0, 0.05) is 26.1 Å². The highest BCUT2D eigenvalue weighted by molar-refractivity contribution is 7.88. The van der Waals surface area contributed by atoms with E-state index in [2.05, 4.69) is 5.32 Å². The number of hydrogen-bond donors (Lipinski definition) is 3. The quantitative estimate of drug-likeness (QED) is 0.555. The van der Waals surface area contributed by atoms with Gasteiger partial charge in [-0.2, -0.15) is 0 Å². The molecule has 0 aromatic carbocycles. The minimum absolute atomic E-state index is 0.0656. The van der Waals surface area contributed by atoms with Gasteiger partial charge in [0.1, 0.15) is 6.04 Å². The molecule has 8 nitrogen and oxygen atoms in total. The van der Waals surface area contributed by atoms with Crippen LogP contribution in [0.25, 0.3) is 0 Å². The van der Waals surface area contributed by atoms with E-state index in [-0.39, 0.29) is 19.6 Å². The van der Waals surface area contributed by atoms with Crippen molar-refractivity contribution >= 4 is 21.9 Å². The number of aliphatic hydroxyl groups is 1. The molecule has 0 aliphatic carbocycles. The van der Waals surface area contributed by atoms with E-state index in [4.69, 9.17) is 10.2 Å². The number of aliphatic hydroxyl groups excluding tert-OH is 1. The maximum Gasteiger partial charge on any atom is 0.326 e. The molecule has 1 saturated heterocycles. The SMILES string of the molecule is CS(=O)(=O)N1CCCC(C(=O)N[C@H](CCO)C(=O)O)C1. The van der Waals surface area contributed by atoms with Crippen LogP contribution in [0.3, 0.4) is 0 Å². The molecule has 1 amide bonds. The highest BCUT2D eigenvalue weighted by Gasteiger charge is 2.32. The van der Waals surface area contributed by atoms with Crippen molar-refractivity contribution in [3.05, 3.63) is 0 Å². The van der Waals surface area contributed by atoms with Gasteiger partial charge in [-0.3, -0.25) is 4.79 Å². The summed E-state index contributed by atoms with van der Waals surface area (Å²) in [5.41, 5.74) is 0. The molecule has 1 heterocycles. The lowest BCUT2D eigenvalue weighted by Gasteiger charge is -2.30. The first-order chi connectivity index (χ1) is 9.25. The van der Waals surface area contributed by atoms with Gasteiger partial charge < -0.3 is 15.5 Å². The summed E-state index contributed by atoms with van der Waals surface area (Å²) in [6.45, 7) is 0.0924. The van der Waals surface area contributed by atoms with E-state index in [0.29, 0.717) is 19.4 Å². The van der Waals surface area contributed by atoms with E-state index < -0.39 is 33.9 Å². The molecule has 0 radical (unpaired) electrons. The molecule has 0 bridgehead atoms. The van der Waals surface area contributed by atoms with Crippen LogP contribution in [0.15, 0.2) is 0 Å². The number of rotatable bonds is 6. The Morgan fingerprint density at radius 3 is 2.60 bits per heavy atom. The summed E-state index contributed by atoms with van der Waals surface area (Å²) < 4.78 is 24.1. The maximum absolute atomic E-state index is 12.0. The molecular weight excluding hydrogens is 288 g/mol. The van der Waals surface area contributed by atoms with Crippen LogP contribution < -0.4 is 5.32 Å². The minimum atomic E-state index is -3.35. The summed E-state index contributed by atoms with van der Waals surface area (Å²) in [4.78, 5) is 22.9. The molecule has 116 valence electrons. The van der Waals surface area contributed by atoms with Crippen LogP contribution in [0.1, 0.15) is 19.3 Å². The van der Waals surface area contributed by atoms with Gasteiger partial charge >= 0.3 is 5.97 Å². The molecule has 0 aromatic rings. The smallest absolute Gasteiger partial charge is 0.326 e. The van der Waals surface area contributed by atoms with Crippen molar-refractivity contribution < 1.29 is 28.2 Å². The van der Waals surface area contributed by atoms with E-state index in [1.54, 1.807) is 0 Å². The fourth-order valence-electron chi connectivity index (χ4n) is 2.13. The van der Waals surface area contributed by atoms with Crippen LogP contribution >= 0.6 is 0 Å². The first kappa shape index (κ1) is 16.9. The van der Waals surface area contributed by atoms with Gasteiger partial charge in [-0.05, 0) is 12.8 Å². The molecular formula is C11H20N2O6S. The van der Waals surface area contributed by atoms with Gasteiger partial charge in [-0.15, -0.1) is 0 Å². The first-order valence-electron chi connectivity index (χ1n) is 6.35. The Labute approximate surface area is 117 Å². The molecule has 1 aliphatic rings. The van der Waals surface area contributed by atoms with E-state index in [1.165, 1.54) is 4.31 Å². The van der Waals surface area contributed by atoms with Crippen molar-refractivity contribution in [3.8, 4) is 0 Å². The van der Waals surface area contributed by atoms with Crippen molar-refractivity contribution in [2.75, 3.05) is 26.0 Å². The van der Waals surface area contributed by atoms with Crippen molar-refractivity contribution in [3.63, 3.8) is 0 Å². The van der Waals surface area contributed by atoms with Gasteiger partial charge in [0.2, 0.25) is 15.9 Å². The lowest BCUT2D eigenvalue weighted by atomic mass is 9.98. The van der Waals surface area contributed by atoms with Crippen LogP contribution in [-0.2, 0) is 19.6 Å². The Morgan fingerprint density at radius 2 is 2.10 bits per heavy atom. The minimum Gasteiger partial charge on any atom is -0.480 e. The Balaban J connectivity index is 2.65. The van der Waals surface area contributed by atoms with Gasteiger partial charge in [0.15, 0.2) is 0 Å². The summed E-state index contributed by atoms with van der Waals surface area (Å²) in [6.07, 6.45) is 2.08. The van der Waals surface area contributed by atoms with E-state index >= 15 is 0 Å². The Bertz CT molecular complexity index is 464. The molecule has 9 heteroatoms. The first-order valence-corrected chi connectivity index (χ1v) is 8.19. The van der Waals surface area contributed by atoms with Crippen LogP contribution in [-0.4, -0.2) is 66.8 Å². The zero-order valence-electron chi connectivity index (χ0n) is 11.3. The van der Waals surface area contributed by atoms with E-state index in [0.717, 1.165) is 6.26 Å². The van der Waals surface area contributed by atoms with Crippen molar-refractivity contribution in [1.29, 1.82) is 0 Å². The second-order valence-corrected chi connectivity index (χ2v) is 6.85. The monoisotopic (exact) mass is 308 g/mol. The summed E-state index contributed by atoms with van der Waals surface area (Å²) in [5, 5.41) is 20.0. The lowest BCUT2D eigenvalue weighted by Crippen LogP contribution is -2.49. The number of carbonyl (C=O) groups is 2. The standard InChI is InChI=1S/C11H20N2O6S/c1-20(18,19)13-5-2-3-8(7-13)10(15)12-9(4-6-14)11(16)17/h8-9,14H,2-7H2,1H3,(H,12,15)(H,16,17)/t8?,9-/m1/s1. The summed E-state index contributed by atoms with van der Waals surface area (Å²) in [6, 6.07) is -1.15. The van der Waals surface area contributed by atoms with Gasteiger partial charge in [-0.25, -0.2) is 17.5 Å². The summed E-state index contributed by atoms with van der Waals surface area (Å²) in [5.74, 6) is -2.26. The van der Waals surface area contributed by atoms with Gasteiger partial charge in [0.05, 0.1) is 12.2 Å². The fourth-order valence-corrected chi connectivity index (χ4v) is 3.05. The molecule has 2 atom stereocenters. The van der Waals surface area contributed by atoms with E-state index in [9.17, 15) is 18.0 Å². The Hall–Kier alpha value is -1.19. The molecule has 0 spiro atoms. The molecule has 1 rings (SSSR count). The molecule has 1 fully saturated rings. The number of nitrogens with one attached hydrogen (secondary N) is 1. The average molecular weight is 308 g/mol. The third kappa shape index (κ3) is 4.73. The van der Waals surface area contributed by atoms with Gasteiger partial charge in [-0.1, -0.05) is 0 Å². The number of carboxylic acids is 1. The molecule has 1 unspecified atom stereocenters. The van der Waals surface area contributed by atoms with Crippen LogP contribution in [0, 0.1) is 5.92 Å². The number of nitrogens with zero attached hydrogens (tertiary/aromatic N) is 1. The molecule has 1 aliphatic heterocycles. The number of hydrogen-bond acceptors (Lipinski definition) is 5. The van der Waals surface area contributed by atoms with E-state index in [1.807, 2.05) is 0 Å². The molecule has 20 heavy (non-hydrogen) atoms. The largest absolute Gasteiger partial charge is 0.480 e. The van der Waals surface area contributed by atoms with Crippen molar-refractivity contribution in [1.82, 2.24) is 9.62 Å². The third-order valence-corrected chi connectivity index (χ3v) is 4.53. The van der Waals surface area contributed by atoms with Crippen LogP contribution in [0.2, 0.25) is 0 Å². The number of carboxylic acid groups (broad SMARTS) is 1. The summed E-state index contributed by atoms with van der Waals surface area (Å²) >= 11 is 0. The highest BCUT2D eigenvalue weighted by atomic mass is 32.2. The van der Waals surface area contributed by atoms with Crippen LogP contribution in [0.5, 0.6) is 0 Å². The second-order valence-electron chi connectivity index (χ2n) is 4.87. The number of aliphatic carboxylic acids is 1. The number of sulfonamides is 1. The molecule has 3 N–H and O–H groups in total. The van der Waals surface area contributed by atoms with Gasteiger partial charge in [0.25, 0.3) is 0 Å². The number of piperidine rings is 1. The molecule has 0 aromatic heterocycles. The van der Waals surface area contributed by atoms with Crippen molar-refractivity contribution in [2.24, 2.45) is 5.92 Å². The molecule has 0 saturated carbocycles. The normalized spacial score (nSPS) is 22.2. The van der Waals surface area contributed by atoms with Crippen LogP contribution in [0.4, 0.5) is 0 Å².